The Morgan fingerprint density at radius 2 is 0.918 bits per heavy atom. The molecule has 0 N–H and O–H groups in total. The first-order valence-corrected chi connectivity index (χ1v) is 26.1. The molecule has 0 spiro atoms. The first-order chi connectivity index (χ1) is 27.5. The van der Waals surface area contributed by atoms with E-state index in [1.54, 1.807) is 0 Å². The van der Waals surface area contributed by atoms with E-state index in [0.717, 1.165) is 9.13 Å². The van der Waals surface area contributed by atoms with Gasteiger partial charge in [0.1, 0.15) is 50.1 Å². The second-order valence-corrected chi connectivity index (χ2v) is 29.2. The number of hydrogen-bond donors (Lipinski definition) is 0. The van der Waals surface area contributed by atoms with Gasteiger partial charge in [0.05, 0.1) is 24.3 Å². The van der Waals surface area contributed by atoms with Crippen LogP contribution in [0.2, 0.25) is 36.3 Å². The van der Waals surface area contributed by atoms with Gasteiger partial charge >= 0.3 is 30.9 Å². The molecule has 0 amide bonds. The van der Waals surface area contributed by atoms with Crippen molar-refractivity contribution in [2.24, 2.45) is 0 Å². The van der Waals surface area contributed by atoms with E-state index in [4.69, 9.17) is 46.7 Å². The molecule has 6 rings (SSSR count). The van der Waals surface area contributed by atoms with Crippen molar-refractivity contribution in [2.75, 3.05) is 27.4 Å². The van der Waals surface area contributed by atoms with Crippen LogP contribution >= 0.6 is 0 Å². The fourth-order valence-corrected chi connectivity index (χ4v) is 8.90. The number of nitrogens with zero attached hydrogens (tertiary/aromatic N) is 4. The van der Waals surface area contributed by atoms with Crippen LogP contribution < -0.4 is 22.5 Å². The number of fused-ring (bicyclic) bond motifs is 2. The van der Waals surface area contributed by atoms with Gasteiger partial charge in [0, 0.05) is 14.2 Å². The fourth-order valence-electron chi connectivity index (χ4n) is 6.87. The molecule has 0 aromatic carbocycles. The third-order valence-corrected chi connectivity index (χ3v) is 21.2. The molecule has 8 atom stereocenters. The molecule has 4 fully saturated rings. The quantitative estimate of drug-likeness (QED) is 0.222. The Bertz CT molecular complexity index is 1930. The maximum atomic E-state index is 12.9. The zero-order valence-corrected chi connectivity index (χ0v) is 43.8. The third kappa shape index (κ3) is 11.1. The van der Waals surface area contributed by atoms with Gasteiger partial charge in [-0.15, -0.1) is 0 Å². The minimum atomic E-state index is -2.00. The second-order valence-electron chi connectivity index (χ2n) is 19.6. The smallest absolute Gasteiger partial charge is 0.414 e. The molecule has 0 aliphatic carbocycles. The molecular formula is C40H66N4O14Si2Zn. The van der Waals surface area contributed by atoms with Gasteiger partial charge in [-0.3, -0.25) is 9.13 Å². The maximum absolute atomic E-state index is 12.9. The molecule has 21 heteroatoms. The Morgan fingerprint density at radius 3 is 1.21 bits per heavy atom. The van der Waals surface area contributed by atoms with Gasteiger partial charge in [0.15, 0.2) is 40.7 Å². The van der Waals surface area contributed by atoms with Crippen LogP contribution in [0.25, 0.3) is 0 Å². The standard InChI is InChI=1S/2C20H33N2O7Si.Zn/c2*1-19(2,3)30(7,8)26-11-13-15-16(29-20(4,5)28-15)17(27-13)21-10-9-14(23)22(12-25-6)18(21)24;/h2*10,13,15-17H,11-12H2,1-8H3;/q2*-1;+2/t2*13-,15-,16-,17-;/m11./s1. The van der Waals surface area contributed by atoms with Crippen molar-refractivity contribution in [2.45, 2.75) is 180 Å². The van der Waals surface area contributed by atoms with E-state index in [1.165, 1.54) is 35.7 Å². The Balaban J connectivity index is 0.000000264. The molecule has 0 saturated carbocycles. The number of methoxy groups -OCH3 is 2. The molecule has 0 bridgehead atoms. The molecule has 2 aromatic heterocycles. The van der Waals surface area contributed by atoms with Crippen LogP contribution in [0.5, 0.6) is 0 Å². The summed E-state index contributed by atoms with van der Waals surface area (Å²) in [5.74, 6) is -1.64. The van der Waals surface area contributed by atoms with Crippen LogP contribution in [-0.4, -0.2) is 111 Å². The van der Waals surface area contributed by atoms with Crippen LogP contribution in [0, 0.1) is 12.1 Å². The van der Waals surface area contributed by atoms with Gasteiger partial charge in [0.25, 0.3) is 0 Å². The van der Waals surface area contributed by atoms with Crippen molar-refractivity contribution in [3.8, 4) is 0 Å². The normalized spacial score (nSPS) is 28.2. The summed E-state index contributed by atoms with van der Waals surface area (Å²) < 4.78 is 64.0. The molecule has 4 aliphatic rings. The third-order valence-electron chi connectivity index (χ3n) is 12.2. The first-order valence-electron chi connectivity index (χ1n) is 20.3. The second kappa shape index (κ2) is 18.9. The Kier molecular flexibility index (Phi) is 16.0. The summed E-state index contributed by atoms with van der Waals surface area (Å²) in [7, 11) is -1.18. The molecule has 4 aliphatic heterocycles. The first kappa shape index (κ1) is 51.6. The molecule has 340 valence electrons. The van der Waals surface area contributed by atoms with Crippen molar-refractivity contribution in [3.63, 3.8) is 0 Å². The van der Waals surface area contributed by atoms with Crippen molar-refractivity contribution in [3.05, 3.63) is 66.2 Å². The molecule has 0 radical (unpaired) electrons. The van der Waals surface area contributed by atoms with Gasteiger partial charge in [-0.2, -0.15) is 12.4 Å². The largest absolute Gasteiger partial charge is 2.00 e. The Hall–Kier alpha value is -1.98. The molecular weight excluding hydrogens is 882 g/mol. The van der Waals surface area contributed by atoms with Crippen LogP contribution in [0.15, 0.2) is 31.6 Å². The Labute approximate surface area is 373 Å². The summed E-state index contributed by atoms with van der Waals surface area (Å²) in [6, 6.07) is 5.10. The molecule has 0 unspecified atom stereocenters. The molecule has 6 heterocycles. The van der Waals surface area contributed by atoms with E-state index in [2.05, 4.69) is 79.9 Å². The van der Waals surface area contributed by atoms with Gasteiger partial charge in [-0.1, -0.05) is 41.5 Å². The minimum Gasteiger partial charge on any atom is -0.414 e. The average Bonchev–Trinajstić information content (AvgIpc) is 3.82. The van der Waals surface area contributed by atoms with Crippen molar-refractivity contribution >= 4 is 16.6 Å². The number of aromatic nitrogens is 4. The molecule has 2 aromatic rings. The van der Waals surface area contributed by atoms with Crippen molar-refractivity contribution in [1.29, 1.82) is 0 Å². The van der Waals surface area contributed by atoms with Crippen LogP contribution in [0.1, 0.15) is 81.7 Å². The average molecular weight is 949 g/mol. The number of ether oxygens (including phenoxy) is 8. The molecule has 4 saturated heterocycles. The van der Waals surface area contributed by atoms with Gasteiger partial charge in [-0.05, 0) is 64.0 Å². The van der Waals surface area contributed by atoms with E-state index in [0.29, 0.717) is 13.2 Å². The van der Waals surface area contributed by atoms with E-state index in [9.17, 15) is 19.2 Å². The molecule has 18 nitrogen and oxygen atoms in total. The van der Waals surface area contributed by atoms with Crippen LogP contribution in [0.4, 0.5) is 0 Å². The fraction of sp³-hybridized carbons (Fsp3) is 0.800. The topological polar surface area (TPSA) is 180 Å². The summed E-state index contributed by atoms with van der Waals surface area (Å²) in [4.78, 5) is 49.8. The summed E-state index contributed by atoms with van der Waals surface area (Å²) in [6.45, 7) is 29.4. The summed E-state index contributed by atoms with van der Waals surface area (Å²) in [6.07, 6.45) is -1.57. The number of hydrogen-bond acceptors (Lipinski definition) is 14. The van der Waals surface area contributed by atoms with Crippen LogP contribution in [0.3, 0.4) is 0 Å². The summed E-state index contributed by atoms with van der Waals surface area (Å²) in [5.41, 5.74) is -2.23. The molecule has 61 heavy (non-hydrogen) atoms. The van der Waals surface area contributed by atoms with E-state index in [-0.39, 0.29) is 43.0 Å². The van der Waals surface area contributed by atoms with Crippen molar-refractivity contribution in [1.82, 2.24) is 18.3 Å². The Morgan fingerprint density at radius 1 is 0.607 bits per heavy atom. The SMILES string of the molecule is COCn1c(=O)[c-]cn([C@@H]2O[C@H](CO[Si](C)(C)C(C)(C)C)[C@H]3OC(C)(C)O[C@H]32)c1=O.COCn1c(=O)[c-]cn([C@@H]2O[C@H](CO[Si](C)(C)C(C)(C)C)[C@H]3OC(C)(C)O[C@H]32)c1=O.[Zn+2]. The van der Waals surface area contributed by atoms with E-state index in [1.807, 2.05) is 27.7 Å². The van der Waals surface area contributed by atoms with Gasteiger partial charge in [0.2, 0.25) is 0 Å². The predicted octanol–water partition coefficient (Wildman–Crippen LogP) is 3.70. The van der Waals surface area contributed by atoms with Gasteiger partial charge in [-0.25, -0.2) is 9.59 Å². The van der Waals surface area contributed by atoms with E-state index < -0.39 is 99.8 Å². The minimum absolute atomic E-state index is 0. The zero-order valence-electron chi connectivity index (χ0n) is 38.8. The monoisotopic (exact) mass is 946 g/mol. The van der Waals surface area contributed by atoms with Crippen molar-refractivity contribution < 1.29 is 66.2 Å². The summed E-state index contributed by atoms with van der Waals surface area (Å²) >= 11 is 0. The van der Waals surface area contributed by atoms with Crippen LogP contribution in [-0.2, 0) is 79.7 Å². The number of rotatable bonds is 12. The zero-order chi connectivity index (χ0) is 45.0. The maximum Gasteiger partial charge on any atom is 2.00 e. The summed E-state index contributed by atoms with van der Waals surface area (Å²) in [5, 5.41) is 0.108. The van der Waals surface area contributed by atoms with E-state index >= 15 is 0 Å². The van der Waals surface area contributed by atoms with Gasteiger partial charge < -0.3 is 77.6 Å². The predicted molar refractivity (Wildman–Crippen MR) is 223 cm³/mol.